The molecule has 0 amide bonds. The Labute approximate surface area is 173 Å². The van der Waals surface area contributed by atoms with Gasteiger partial charge >= 0.3 is 5.69 Å². The summed E-state index contributed by atoms with van der Waals surface area (Å²) >= 11 is 0. The van der Waals surface area contributed by atoms with Gasteiger partial charge in [0.25, 0.3) is 5.56 Å². The van der Waals surface area contributed by atoms with Crippen LogP contribution in [0.5, 0.6) is 5.75 Å². The Balaban J connectivity index is 1.93. The van der Waals surface area contributed by atoms with Crippen molar-refractivity contribution in [1.82, 2.24) is 18.7 Å². The Morgan fingerprint density at radius 3 is 2.63 bits per heavy atom. The quantitative estimate of drug-likeness (QED) is 0.418. The molecule has 2 heterocycles. The molecule has 0 aliphatic carbocycles. The number of hydrogen-bond acceptors (Lipinski definition) is 7. The van der Waals surface area contributed by atoms with Crippen LogP contribution in [0.3, 0.4) is 0 Å². The van der Waals surface area contributed by atoms with Crippen molar-refractivity contribution in [1.29, 1.82) is 0 Å². The van der Waals surface area contributed by atoms with E-state index in [2.05, 4.69) is 10.3 Å². The molecular formula is C20H27N5O5. The highest BCUT2D eigenvalue weighted by molar-refractivity contribution is 5.74. The summed E-state index contributed by atoms with van der Waals surface area (Å²) in [4.78, 5) is 29.4. The topological polar surface area (TPSA) is 124 Å². The number of rotatable bonds is 9. The summed E-state index contributed by atoms with van der Waals surface area (Å²) in [6.07, 6.45) is -0.443. The van der Waals surface area contributed by atoms with Gasteiger partial charge in [-0.25, -0.2) is 4.79 Å². The van der Waals surface area contributed by atoms with Crippen LogP contribution in [0.1, 0.15) is 12.0 Å². The van der Waals surface area contributed by atoms with E-state index >= 15 is 0 Å². The molecule has 1 atom stereocenters. The highest BCUT2D eigenvalue weighted by atomic mass is 16.5. The number of nitrogens with one attached hydrogen (secondary N) is 1. The van der Waals surface area contributed by atoms with Gasteiger partial charge in [0.1, 0.15) is 18.5 Å². The van der Waals surface area contributed by atoms with Gasteiger partial charge in [0, 0.05) is 27.2 Å². The number of hydrogen-bond donors (Lipinski definition) is 3. The van der Waals surface area contributed by atoms with E-state index in [1.54, 1.807) is 4.57 Å². The average molecular weight is 417 g/mol. The number of nitrogens with zero attached hydrogens (tertiary/aromatic N) is 4. The molecule has 1 aromatic carbocycles. The summed E-state index contributed by atoms with van der Waals surface area (Å²) in [5.74, 6) is 1.01. The van der Waals surface area contributed by atoms with Crippen LogP contribution >= 0.6 is 0 Å². The Hall–Kier alpha value is -3.11. The molecule has 3 N–H and O–H groups in total. The molecule has 10 heteroatoms. The van der Waals surface area contributed by atoms with Crippen molar-refractivity contribution in [3.05, 3.63) is 50.7 Å². The molecule has 0 radical (unpaired) electrons. The number of anilines is 1. The molecule has 0 spiro atoms. The number of benzene rings is 1. The van der Waals surface area contributed by atoms with Gasteiger partial charge in [-0.2, -0.15) is 4.98 Å². The van der Waals surface area contributed by atoms with Crippen LogP contribution < -0.4 is 21.3 Å². The van der Waals surface area contributed by atoms with Gasteiger partial charge in [-0.05, 0) is 25.0 Å². The van der Waals surface area contributed by atoms with Gasteiger partial charge in [-0.1, -0.05) is 18.2 Å². The first kappa shape index (κ1) is 21.6. The van der Waals surface area contributed by atoms with Crippen LogP contribution in [0.25, 0.3) is 11.2 Å². The zero-order chi connectivity index (χ0) is 21.8. The lowest BCUT2D eigenvalue weighted by molar-refractivity contribution is 0.0935. The molecular weight excluding hydrogens is 390 g/mol. The van der Waals surface area contributed by atoms with Gasteiger partial charge in [-0.15, -0.1) is 0 Å². The van der Waals surface area contributed by atoms with E-state index in [0.29, 0.717) is 24.7 Å². The largest absolute Gasteiger partial charge is 0.491 e. The maximum atomic E-state index is 12.8. The fraction of sp³-hybridized carbons (Fsp3) is 0.450. The first-order chi connectivity index (χ1) is 14.3. The zero-order valence-corrected chi connectivity index (χ0v) is 17.3. The highest BCUT2D eigenvalue weighted by Gasteiger charge is 2.21. The smallest absolute Gasteiger partial charge is 0.332 e. The molecule has 0 fully saturated rings. The number of aromatic nitrogens is 4. The van der Waals surface area contributed by atoms with Crippen molar-refractivity contribution in [3.8, 4) is 5.75 Å². The van der Waals surface area contributed by atoms with Crippen molar-refractivity contribution < 1.29 is 14.9 Å². The number of para-hydroxylation sites is 1. The molecule has 0 aliphatic rings. The number of fused-ring (bicyclic) bond motifs is 1. The standard InChI is InChI=1S/C20H27N5O5/c1-13-7-4-5-8-15(13)30-12-14(27)11-25-16-17(22-19(25)21-9-6-10-26)23(2)20(29)24(3)18(16)28/h4-5,7-8,14,26-27H,6,9-12H2,1-3H3,(H,21,22)/t14-/m1/s1. The Kier molecular flexibility index (Phi) is 6.58. The number of aliphatic hydroxyl groups is 2. The minimum Gasteiger partial charge on any atom is -0.491 e. The van der Waals surface area contributed by atoms with Crippen molar-refractivity contribution in [2.75, 3.05) is 25.1 Å². The number of imidazole rings is 1. The fourth-order valence-corrected chi connectivity index (χ4v) is 3.21. The third-order valence-electron chi connectivity index (χ3n) is 4.88. The second-order valence-electron chi connectivity index (χ2n) is 7.16. The van der Waals surface area contributed by atoms with Gasteiger partial charge in [0.2, 0.25) is 5.95 Å². The van der Waals surface area contributed by atoms with Crippen LogP contribution in [0.4, 0.5) is 5.95 Å². The van der Waals surface area contributed by atoms with Crippen LogP contribution in [-0.2, 0) is 20.6 Å². The van der Waals surface area contributed by atoms with Crippen molar-refractivity contribution in [2.45, 2.75) is 26.0 Å². The SMILES string of the molecule is Cc1ccccc1OC[C@H](O)Cn1c(NCCCO)nc2c1c(=O)n(C)c(=O)n2C. The number of ether oxygens (including phenoxy) is 1. The summed E-state index contributed by atoms with van der Waals surface area (Å²) in [5, 5.41) is 22.7. The Morgan fingerprint density at radius 1 is 1.20 bits per heavy atom. The molecule has 0 saturated heterocycles. The van der Waals surface area contributed by atoms with E-state index < -0.39 is 17.4 Å². The van der Waals surface area contributed by atoms with Crippen molar-refractivity contribution in [3.63, 3.8) is 0 Å². The van der Waals surface area contributed by atoms with Crippen molar-refractivity contribution >= 4 is 17.1 Å². The molecule has 0 aliphatic heterocycles. The monoisotopic (exact) mass is 417 g/mol. The maximum Gasteiger partial charge on any atom is 0.332 e. The molecule has 0 unspecified atom stereocenters. The molecule has 0 bridgehead atoms. The zero-order valence-electron chi connectivity index (χ0n) is 17.3. The Bertz CT molecular complexity index is 1150. The minimum atomic E-state index is -0.928. The first-order valence-corrected chi connectivity index (χ1v) is 9.72. The van der Waals surface area contributed by atoms with Gasteiger partial charge in [0.05, 0.1) is 6.54 Å². The van der Waals surface area contributed by atoms with E-state index in [-0.39, 0.29) is 30.9 Å². The molecule has 3 aromatic rings. The second kappa shape index (κ2) is 9.14. The number of aliphatic hydroxyl groups excluding tert-OH is 2. The molecule has 30 heavy (non-hydrogen) atoms. The van der Waals surface area contributed by atoms with E-state index in [4.69, 9.17) is 9.84 Å². The lowest BCUT2D eigenvalue weighted by Crippen LogP contribution is -2.38. The molecule has 0 saturated carbocycles. The van der Waals surface area contributed by atoms with Crippen LogP contribution in [0.15, 0.2) is 33.9 Å². The predicted octanol–water partition coefficient (Wildman–Crippen LogP) is -0.0237. The van der Waals surface area contributed by atoms with Crippen LogP contribution in [0, 0.1) is 6.92 Å². The van der Waals surface area contributed by atoms with E-state index in [0.717, 1.165) is 10.1 Å². The predicted molar refractivity (Wildman–Crippen MR) is 113 cm³/mol. The Morgan fingerprint density at radius 2 is 1.93 bits per heavy atom. The molecule has 2 aromatic heterocycles. The number of aryl methyl sites for hydroxylation is 2. The lowest BCUT2D eigenvalue weighted by Gasteiger charge is -2.16. The average Bonchev–Trinajstić information content (AvgIpc) is 3.08. The van der Waals surface area contributed by atoms with Crippen LogP contribution in [-0.4, -0.2) is 54.8 Å². The summed E-state index contributed by atoms with van der Waals surface area (Å²) < 4.78 is 9.58. The van der Waals surface area contributed by atoms with E-state index in [1.165, 1.54) is 18.7 Å². The summed E-state index contributed by atoms with van der Waals surface area (Å²) in [6, 6.07) is 7.49. The van der Waals surface area contributed by atoms with E-state index in [1.807, 2.05) is 31.2 Å². The summed E-state index contributed by atoms with van der Waals surface area (Å²) in [7, 11) is 2.94. The van der Waals surface area contributed by atoms with Crippen molar-refractivity contribution in [2.24, 2.45) is 14.1 Å². The second-order valence-corrected chi connectivity index (χ2v) is 7.16. The summed E-state index contributed by atoms with van der Waals surface area (Å²) in [5.41, 5.74) is 0.404. The normalized spacial score (nSPS) is 12.3. The van der Waals surface area contributed by atoms with Crippen LogP contribution in [0.2, 0.25) is 0 Å². The minimum absolute atomic E-state index is 0.000369. The highest BCUT2D eigenvalue weighted by Crippen LogP contribution is 2.19. The molecule has 162 valence electrons. The third kappa shape index (κ3) is 4.24. The first-order valence-electron chi connectivity index (χ1n) is 9.72. The van der Waals surface area contributed by atoms with Gasteiger partial charge < -0.3 is 24.8 Å². The lowest BCUT2D eigenvalue weighted by atomic mass is 10.2. The van der Waals surface area contributed by atoms with Gasteiger partial charge in [0.15, 0.2) is 11.2 Å². The molecule has 10 nitrogen and oxygen atoms in total. The van der Waals surface area contributed by atoms with E-state index in [9.17, 15) is 14.7 Å². The molecule has 3 rings (SSSR count). The third-order valence-corrected chi connectivity index (χ3v) is 4.88. The van der Waals surface area contributed by atoms with Gasteiger partial charge in [-0.3, -0.25) is 13.9 Å². The maximum absolute atomic E-state index is 12.8. The fourth-order valence-electron chi connectivity index (χ4n) is 3.21. The summed E-state index contributed by atoms with van der Waals surface area (Å²) in [6.45, 7) is 2.40.